The Morgan fingerprint density at radius 2 is 2.56 bits per heavy atom. The molecular formula is C6H8N2O. The third kappa shape index (κ3) is 1.16. The van der Waals surface area contributed by atoms with E-state index in [9.17, 15) is 0 Å². The van der Waals surface area contributed by atoms with E-state index in [4.69, 9.17) is 0 Å². The van der Waals surface area contributed by atoms with Gasteiger partial charge >= 0.3 is 0 Å². The number of aromatic nitrogens is 2. The zero-order valence-corrected chi connectivity index (χ0v) is 5.46. The maximum atomic E-state index is 4.40. The first-order chi connectivity index (χ1) is 4.34. The van der Waals surface area contributed by atoms with Gasteiger partial charge in [0.1, 0.15) is 5.69 Å². The minimum atomic E-state index is 0.803. The van der Waals surface area contributed by atoms with Crippen molar-refractivity contribution in [2.45, 2.75) is 13.8 Å². The van der Waals surface area contributed by atoms with E-state index in [1.165, 1.54) is 0 Å². The Kier molecular flexibility index (Phi) is 1.63. The summed E-state index contributed by atoms with van der Waals surface area (Å²) in [6.07, 6.45) is 3.55. The molecule has 0 spiro atoms. The monoisotopic (exact) mass is 124 g/mol. The van der Waals surface area contributed by atoms with Crippen molar-refractivity contribution >= 4 is 5.57 Å². The smallest absolute Gasteiger partial charge is 0.130 e. The molecule has 3 nitrogen and oxygen atoms in total. The minimum absolute atomic E-state index is 0.803. The maximum Gasteiger partial charge on any atom is 0.130 e. The third-order valence-electron chi connectivity index (χ3n) is 1.20. The Hall–Kier alpha value is -1.12. The van der Waals surface area contributed by atoms with Crippen molar-refractivity contribution in [3.63, 3.8) is 0 Å². The first-order valence-electron chi connectivity index (χ1n) is 2.75. The second-order valence-corrected chi connectivity index (χ2v) is 1.76. The van der Waals surface area contributed by atoms with Gasteiger partial charge in [0.05, 0.1) is 6.20 Å². The molecule has 0 saturated heterocycles. The predicted molar refractivity (Wildman–Crippen MR) is 33.6 cm³/mol. The van der Waals surface area contributed by atoms with E-state index in [-0.39, 0.29) is 0 Å². The third-order valence-corrected chi connectivity index (χ3v) is 1.20. The largest absolute Gasteiger partial charge is 0.244 e. The van der Waals surface area contributed by atoms with Crippen molar-refractivity contribution in [3.05, 3.63) is 18.0 Å². The van der Waals surface area contributed by atoms with Gasteiger partial charge in [-0.05, 0) is 19.4 Å². The average Bonchev–Trinajstić information content (AvgIpc) is 2.37. The molecule has 0 N–H and O–H groups in total. The Morgan fingerprint density at radius 1 is 1.78 bits per heavy atom. The van der Waals surface area contributed by atoms with Crippen LogP contribution in [0.25, 0.3) is 5.57 Å². The first kappa shape index (κ1) is 6.01. The highest BCUT2D eigenvalue weighted by molar-refractivity contribution is 5.58. The first-order valence-corrected chi connectivity index (χ1v) is 2.75. The van der Waals surface area contributed by atoms with Crippen LogP contribution >= 0.6 is 0 Å². The predicted octanol–water partition coefficient (Wildman–Crippen LogP) is 1.49. The summed E-state index contributed by atoms with van der Waals surface area (Å²) in [6, 6.07) is 0. The van der Waals surface area contributed by atoms with Crippen LogP contribution in [-0.4, -0.2) is 10.3 Å². The maximum absolute atomic E-state index is 4.40. The van der Waals surface area contributed by atoms with Gasteiger partial charge < -0.3 is 0 Å². The summed E-state index contributed by atoms with van der Waals surface area (Å²) in [5, 5.41) is 7.10. The zero-order chi connectivity index (χ0) is 6.69. The molecule has 0 aromatic carbocycles. The Balaban J connectivity index is 2.90. The van der Waals surface area contributed by atoms with E-state index in [2.05, 4.69) is 14.9 Å². The SMILES string of the molecule is C/C=C(\C)c1cnon1. The molecule has 1 rings (SSSR count). The second-order valence-electron chi connectivity index (χ2n) is 1.76. The quantitative estimate of drug-likeness (QED) is 0.569. The minimum Gasteiger partial charge on any atom is -0.244 e. The lowest BCUT2D eigenvalue weighted by molar-refractivity contribution is 0.306. The van der Waals surface area contributed by atoms with E-state index in [0.29, 0.717) is 0 Å². The molecule has 9 heavy (non-hydrogen) atoms. The molecule has 3 heteroatoms. The molecule has 0 unspecified atom stereocenters. The lowest BCUT2D eigenvalue weighted by Gasteiger charge is -1.85. The van der Waals surface area contributed by atoms with Crippen LogP contribution in [0, 0.1) is 0 Å². The fourth-order valence-electron chi connectivity index (χ4n) is 0.486. The van der Waals surface area contributed by atoms with Gasteiger partial charge in [-0.2, -0.15) is 0 Å². The van der Waals surface area contributed by atoms with E-state index in [0.717, 1.165) is 11.3 Å². The topological polar surface area (TPSA) is 38.9 Å². The summed E-state index contributed by atoms with van der Waals surface area (Å²) in [6.45, 7) is 3.91. The molecule has 0 atom stereocenters. The molecule has 0 amide bonds. The number of nitrogens with zero attached hydrogens (tertiary/aromatic N) is 2. The summed E-state index contributed by atoms with van der Waals surface area (Å²) < 4.78 is 4.40. The molecule has 0 bridgehead atoms. The van der Waals surface area contributed by atoms with E-state index < -0.39 is 0 Å². The molecular weight excluding hydrogens is 116 g/mol. The zero-order valence-electron chi connectivity index (χ0n) is 5.46. The lowest BCUT2D eigenvalue weighted by Crippen LogP contribution is -1.74. The van der Waals surface area contributed by atoms with Gasteiger partial charge in [0.25, 0.3) is 0 Å². The molecule has 0 radical (unpaired) electrons. The van der Waals surface area contributed by atoms with Gasteiger partial charge in [-0.1, -0.05) is 16.4 Å². The lowest BCUT2D eigenvalue weighted by atomic mass is 10.2. The highest BCUT2D eigenvalue weighted by Gasteiger charge is 1.96. The number of hydrogen-bond acceptors (Lipinski definition) is 3. The molecule has 0 aliphatic heterocycles. The van der Waals surface area contributed by atoms with Crippen LogP contribution in [0.3, 0.4) is 0 Å². The summed E-state index contributed by atoms with van der Waals surface area (Å²) in [5.41, 5.74) is 1.88. The van der Waals surface area contributed by atoms with Crippen LogP contribution in [0.15, 0.2) is 16.9 Å². The van der Waals surface area contributed by atoms with Crippen molar-refractivity contribution in [1.29, 1.82) is 0 Å². The van der Waals surface area contributed by atoms with Gasteiger partial charge in [0, 0.05) is 0 Å². The molecule has 1 heterocycles. The molecule has 0 aliphatic carbocycles. The van der Waals surface area contributed by atoms with E-state index in [1.807, 2.05) is 19.9 Å². The van der Waals surface area contributed by atoms with Crippen molar-refractivity contribution in [1.82, 2.24) is 10.3 Å². The average molecular weight is 124 g/mol. The van der Waals surface area contributed by atoms with Gasteiger partial charge in [-0.25, -0.2) is 4.63 Å². The molecule has 0 saturated carbocycles. The van der Waals surface area contributed by atoms with Gasteiger partial charge in [0.15, 0.2) is 0 Å². The summed E-state index contributed by atoms with van der Waals surface area (Å²) in [5.74, 6) is 0. The molecule has 0 fully saturated rings. The van der Waals surface area contributed by atoms with Gasteiger partial charge in [-0.15, -0.1) is 0 Å². The molecule has 0 aliphatic rings. The van der Waals surface area contributed by atoms with Crippen LogP contribution in [0.5, 0.6) is 0 Å². The summed E-state index contributed by atoms with van der Waals surface area (Å²) in [7, 11) is 0. The standard InChI is InChI=1S/C6H8N2O/c1-3-5(2)6-4-7-9-8-6/h3-4H,1-2H3/b5-3+. The van der Waals surface area contributed by atoms with Gasteiger partial charge in [0.2, 0.25) is 0 Å². The van der Waals surface area contributed by atoms with Crippen molar-refractivity contribution in [2.75, 3.05) is 0 Å². The highest BCUT2D eigenvalue weighted by atomic mass is 16.6. The van der Waals surface area contributed by atoms with Crippen molar-refractivity contribution < 1.29 is 4.63 Å². The van der Waals surface area contributed by atoms with Gasteiger partial charge in [-0.3, -0.25) is 0 Å². The van der Waals surface area contributed by atoms with Crippen LogP contribution in [0.2, 0.25) is 0 Å². The molecule has 1 aromatic rings. The van der Waals surface area contributed by atoms with E-state index >= 15 is 0 Å². The number of rotatable bonds is 1. The van der Waals surface area contributed by atoms with Crippen LogP contribution in [0.1, 0.15) is 19.5 Å². The Morgan fingerprint density at radius 3 is 3.00 bits per heavy atom. The normalized spacial score (nSPS) is 12.0. The summed E-state index contributed by atoms with van der Waals surface area (Å²) >= 11 is 0. The fraction of sp³-hybridized carbons (Fsp3) is 0.333. The Labute approximate surface area is 53.3 Å². The van der Waals surface area contributed by atoms with E-state index in [1.54, 1.807) is 6.20 Å². The molecule has 48 valence electrons. The van der Waals surface area contributed by atoms with Crippen molar-refractivity contribution in [3.8, 4) is 0 Å². The highest BCUT2D eigenvalue weighted by Crippen LogP contribution is 2.06. The van der Waals surface area contributed by atoms with Crippen LogP contribution in [-0.2, 0) is 0 Å². The number of allylic oxidation sites excluding steroid dienone is 2. The van der Waals surface area contributed by atoms with Crippen molar-refractivity contribution in [2.24, 2.45) is 0 Å². The fourth-order valence-corrected chi connectivity index (χ4v) is 0.486. The van der Waals surface area contributed by atoms with Crippen LogP contribution in [0.4, 0.5) is 0 Å². The Bertz CT molecular complexity index is 201. The van der Waals surface area contributed by atoms with Crippen LogP contribution < -0.4 is 0 Å². The molecule has 1 aromatic heterocycles. The second kappa shape index (κ2) is 2.44. The summed E-state index contributed by atoms with van der Waals surface area (Å²) in [4.78, 5) is 0. The number of hydrogen-bond donors (Lipinski definition) is 0.